The van der Waals surface area contributed by atoms with Crippen molar-refractivity contribution in [1.82, 2.24) is 15.6 Å². The maximum absolute atomic E-state index is 5.58. The SMILES string of the molecule is CCNC(=NCCCSc1nccs1)NCCCOCC(C)C.I. The van der Waals surface area contributed by atoms with E-state index in [9.17, 15) is 0 Å². The van der Waals surface area contributed by atoms with E-state index < -0.39 is 0 Å². The highest BCUT2D eigenvalue weighted by Gasteiger charge is 1.99. The molecule has 0 atom stereocenters. The molecule has 1 aromatic heterocycles. The lowest BCUT2D eigenvalue weighted by Crippen LogP contribution is -2.38. The average molecular weight is 486 g/mol. The van der Waals surface area contributed by atoms with Gasteiger partial charge in [0.25, 0.3) is 0 Å². The van der Waals surface area contributed by atoms with Gasteiger partial charge in [-0.15, -0.1) is 35.3 Å². The van der Waals surface area contributed by atoms with E-state index in [1.807, 2.05) is 11.6 Å². The number of thiazole rings is 1. The molecule has 0 aliphatic carbocycles. The minimum Gasteiger partial charge on any atom is -0.381 e. The van der Waals surface area contributed by atoms with Gasteiger partial charge in [-0.1, -0.05) is 25.6 Å². The van der Waals surface area contributed by atoms with Crippen molar-refractivity contribution >= 4 is 53.0 Å². The van der Waals surface area contributed by atoms with Crippen LogP contribution in [0.25, 0.3) is 0 Å². The van der Waals surface area contributed by atoms with Gasteiger partial charge in [-0.25, -0.2) is 4.98 Å². The summed E-state index contributed by atoms with van der Waals surface area (Å²) >= 11 is 3.50. The molecule has 0 unspecified atom stereocenters. The number of aliphatic imine (C=N–C) groups is 1. The summed E-state index contributed by atoms with van der Waals surface area (Å²) in [6.07, 6.45) is 3.90. The fourth-order valence-electron chi connectivity index (χ4n) is 1.74. The standard InChI is InChI=1S/C16H30N4OS2.HI/c1-4-17-15(18-7-5-10-21-13-14(2)3)19-8-6-11-22-16-20-9-12-23-16;/h9,12,14H,4-8,10-11,13H2,1-3H3,(H2,17,18,19);1H. The molecule has 5 nitrogen and oxygen atoms in total. The Morgan fingerprint density at radius 1 is 1.38 bits per heavy atom. The Labute approximate surface area is 171 Å². The molecule has 0 saturated heterocycles. The minimum absolute atomic E-state index is 0. The normalized spacial score (nSPS) is 11.4. The molecule has 0 radical (unpaired) electrons. The first-order valence-corrected chi connectivity index (χ1v) is 10.2. The third-order valence-electron chi connectivity index (χ3n) is 2.76. The predicted molar refractivity (Wildman–Crippen MR) is 117 cm³/mol. The number of guanidine groups is 1. The molecule has 0 aromatic carbocycles. The Balaban J connectivity index is 0.00000529. The summed E-state index contributed by atoms with van der Waals surface area (Å²) < 4.78 is 6.72. The van der Waals surface area contributed by atoms with E-state index in [-0.39, 0.29) is 24.0 Å². The molecule has 0 amide bonds. The smallest absolute Gasteiger partial charge is 0.191 e. The van der Waals surface area contributed by atoms with E-state index in [0.717, 1.165) is 61.7 Å². The van der Waals surface area contributed by atoms with Crippen LogP contribution in [0, 0.1) is 5.92 Å². The number of nitrogens with zero attached hydrogens (tertiary/aromatic N) is 2. The monoisotopic (exact) mass is 486 g/mol. The zero-order valence-corrected chi connectivity index (χ0v) is 18.9. The van der Waals surface area contributed by atoms with Crippen LogP contribution in [0.1, 0.15) is 33.6 Å². The maximum Gasteiger partial charge on any atom is 0.191 e. The molecule has 0 aliphatic heterocycles. The molecule has 0 saturated carbocycles. The number of halogens is 1. The Morgan fingerprint density at radius 2 is 2.21 bits per heavy atom. The quantitative estimate of drug-likeness (QED) is 0.155. The molecule has 24 heavy (non-hydrogen) atoms. The van der Waals surface area contributed by atoms with E-state index in [1.165, 1.54) is 0 Å². The van der Waals surface area contributed by atoms with Gasteiger partial charge in [0.15, 0.2) is 5.96 Å². The van der Waals surface area contributed by atoms with Gasteiger partial charge in [0, 0.05) is 50.2 Å². The highest BCUT2D eigenvalue weighted by atomic mass is 127. The van der Waals surface area contributed by atoms with Crippen LogP contribution in [-0.2, 0) is 4.74 Å². The second-order valence-corrected chi connectivity index (χ2v) is 7.75. The van der Waals surface area contributed by atoms with Crippen molar-refractivity contribution in [3.63, 3.8) is 0 Å². The van der Waals surface area contributed by atoms with Gasteiger partial charge in [-0.05, 0) is 25.7 Å². The Bertz CT molecular complexity index is 416. The van der Waals surface area contributed by atoms with E-state index in [1.54, 1.807) is 23.1 Å². The van der Waals surface area contributed by atoms with Crippen molar-refractivity contribution in [1.29, 1.82) is 0 Å². The number of nitrogens with one attached hydrogen (secondary N) is 2. The van der Waals surface area contributed by atoms with Crippen LogP contribution < -0.4 is 10.6 Å². The van der Waals surface area contributed by atoms with Crippen LogP contribution in [-0.4, -0.2) is 49.5 Å². The van der Waals surface area contributed by atoms with Crippen LogP contribution in [0.2, 0.25) is 0 Å². The summed E-state index contributed by atoms with van der Waals surface area (Å²) in [5.41, 5.74) is 0. The molecule has 0 fully saturated rings. The Morgan fingerprint density at radius 3 is 2.88 bits per heavy atom. The fraction of sp³-hybridized carbons (Fsp3) is 0.750. The van der Waals surface area contributed by atoms with Crippen molar-refractivity contribution in [3.05, 3.63) is 11.6 Å². The van der Waals surface area contributed by atoms with Gasteiger partial charge in [0.1, 0.15) is 4.34 Å². The second kappa shape index (κ2) is 16.4. The van der Waals surface area contributed by atoms with Crippen LogP contribution in [0.4, 0.5) is 0 Å². The summed E-state index contributed by atoms with van der Waals surface area (Å²) in [6.45, 7) is 10.7. The topological polar surface area (TPSA) is 58.5 Å². The van der Waals surface area contributed by atoms with E-state index >= 15 is 0 Å². The molecular weight excluding hydrogens is 455 g/mol. The molecular formula is C16H31IN4OS2. The first-order chi connectivity index (χ1) is 11.2. The first kappa shape index (κ1) is 23.9. The van der Waals surface area contributed by atoms with Gasteiger partial charge in [-0.2, -0.15) is 0 Å². The highest BCUT2D eigenvalue weighted by Crippen LogP contribution is 2.20. The number of hydrogen-bond donors (Lipinski definition) is 2. The summed E-state index contributed by atoms with van der Waals surface area (Å²) in [5.74, 6) is 2.55. The van der Waals surface area contributed by atoms with E-state index in [0.29, 0.717) is 5.92 Å². The molecule has 2 N–H and O–H groups in total. The maximum atomic E-state index is 5.58. The van der Waals surface area contributed by atoms with Gasteiger partial charge in [0.05, 0.1) is 0 Å². The molecule has 0 bridgehead atoms. The largest absolute Gasteiger partial charge is 0.381 e. The number of rotatable bonds is 12. The van der Waals surface area contributed by atoms with Gasteiger partial charge < -0.3 is 15.4 Å². The molecule has 1 rings (SSSR count). The van der Waals surface area contributed by atoms with Crippen LogP contribution >= 0.6 is 47.1 Å². The summed E-state index contributed by atoms with van der Waals surface area (Å²) in [4.78, 5) is 8.86. The van der Waals surface area contributed by atoms with Crippen molar-refractivity contribution in [2.24, 2.45) is 10.9 Å². The lowest BCUT2D eigenvalue weighted by Gasteiger charge is -2.11. The summed E-state index contributed by atoms with van der Waals surface area (Å²) in [6, 6.07) is 0. The molecule has 140 valence electrons. The number of aromatic nitrogens is 1. The lowest BCUT2D eigenvalue weighted by molar-refractivity contribution is 0.108. The number of thioether (sulfide) groups is 1. The van der Waals surface area contributed by atoms with Crippen molar-refractivity contribution in [2.45, 2.75) is 38.0 Å². The average Bonchev–Trinajstić information content (AvgIpc) is 3.03. The number of hydrogen-bond acceptors (Lipinski definition) is 5. The molecule has 0 aliphatic rings. The highest BCUT2D eigenvalue weighted by molar-refractivity contribution is 14.0. The van der Waals surface area contributed by atoms with Gasteiger partial charge in [-0.3, -0.25) is 4.99 Å². The minimum atomic E-state index is 0. The number of ether oxygens (including phenoxy) is 1. The third-order valence-corrected chi connectivity index (χ3v) is 4.81. The Hall–Kier alpha value is -0.0600. The summed E-state index contributed by atoms with van der Waals surface area (Å²) in [7, 11) is 0. The lowest BCUT2D eigenvalue weighted by atomic mass is 10.2. The van der Waals surface area contributed by atoms with Crippen LogP contribution in [0.3, 0.4) is 0 Å². The zero-order valence-electron chi connectivity index (χ0n) is 14.9. The molecule has 0 spiro atoms. The predicted octanol–water partition coefficient (Wildman–Crippen LogP) is 3.86. The zero-order chi connectivity index (χ0) is 16.8. The fourth-order valence-corrected chi connectivity index (χ4v) is 3.37. The van der Waals surface area contributed by atoms with Crippen molar-refractivity contribution in [3.8, 4) is 0 Å². The van der Waals surface area contributed by atoms with Crippen molar-refractivity contribution in [2.75, 3.05) is 38.6 Å². The van der Waals surface area contributed by atoms with Gasteiger partial charge in [0.2, 0.25) is 0 Å². The molecule has 1 heterocycles. The second-order valence-electron chi connectivity index (χ2n) is 5.51. The molecule has 1 aromatic rings. The van der Waals surface area contributed by atoms with Crippen molar-refractivity contribution < 1.29 is 4.74 Å². The van der Waals surface area contributed by atoms with E-state index in [2.05, 4.69) is 41.4 Å². The van der Waals surface area contributed by atoms with Crippen LogP contribution in [0.5, 0.6) is 0 Å². The first-order valence-electron chi connectivity index (χ1n) is 8.34. The molecule has 8 heteroatoms. The third kappa shape index (κ3) is 13.3. The van der Waals surface area contributed by atoms with Gasteiger partial charge >= 0.3 is 0 Å². The Kier molecular flexibility index (Phi) is 16.4. The summed E-state index contributed by atoms with van der Waals surface area (Å²) in [5, 5.41) is 8.64. The van der Waals surface area contributed by atoms with Crippen LogP contribution in [0.15, 0.2) is 20.9 Å². The van der Waals surface area contributed by atoms with E-state index in [4.69, 9.17) is 4.74 Å².